The fraction of sp³-hybridized carbons (Fsp3) is 0.812. The molecule has 102 valence electrons. The largest absolute Gasteiger partial charge is 0.384 e. The van der Waals surface area contributed by atoms with Crippen molar-refractivity contribution in [1.29, 1.82) is 5.26 Å². The van der Waals surface area contributed by atoms with Crippen molar-refractivity contribution >= 4 is 0 Å². The van der Waals surface area contributed by atoms with E-state index in [1.165, 1.54) is 32.1 Å². The molecule has 1 N–H and O–H groups in total. The maximum atomic E-state index is 10.7. The summed E-state index contributed by atoms with van der Waals surface area (Å²) in [7, 11) is 0. The van der Waals surface area contributed by atoms with Crippen LogP contribution in [0.3, 0.4) is 0 Å². The Morgan fingerprint density at radius 1 is 1.00 bits per heavy atom. The minimum Gasteiger partial charge on any atom is -0.384 e. The van der Waals surface area contributed by atoms with Gasteiger partial charge < -0.3 is 5.11 Å². The summed E-state index contributed by atoms with van der Waals surface area (Å²) in [6.07, 6.45) is 12.5. The number of hydrogen-bond acceptors (Lipinski definition) is 2. The molecule has 0 bridgehead atoms. The molecule has 0 spiro atoms. The fourth-order valence-electron chi connectivity index (χ4n) is 2.91. The second kappa shape index (κ2) is 6.95. The molecule has 18 heavy (non-hydrogen) atoms. The second-order valence-corrected chi connectivity index (χ2v) is 5.90. The Morgan fingerprint density at radius 2 is 1.44 bits per heavy atom. The van der Waals surface area contributed by atoms with E-state index in [9.17, 15) is 10.4 Å². The highest BCUT2D eigenvalue weighted by molar-refractivity contribution is 5.16. The van der Waals surface area contributed by atoms with Gasteiger partial charge >= 0.3 is 0 Å². The summed E-state index contributed by atoms with van der Waals surface area (Å²) < 4.78 is 0. The van der Waals surface area contributed by atoms with E-state index in [1.54, 1.807) is 6.08 Å². The van der Waals surface area contributed by atoms with Crippen molar-refractivity contribution in [3.8, 4) is 6.07 Å². The van der Waals surface area contributed by atoms with Gasteiger partial charge in [0.15, 0.2) is 0 Å². The lowest BCUT2D eigenvalue weighted by Crippen LogP contribution is -2.44. The van der Waals surface area contributed by atoms with E-state index >= 15 is 0 Å². The lowest BCUT2D eigenvalue weighted by molar-refractivity contribution is -0.0174. The lowest BCUT2D eigenvalue weighted by Gasteiger charge is -2.38. The van der Waals surface area contributed by atoms with Crippen LogP contribution in [0.5, 0.6) is 0 Å². The van der Waals surface area contributed by atoms with Gasteiger partial charge in [0.2, 0.25) is 0 Å². The van der Waals surface area contributed by atoms with E-state index < -0.39 is 11.0 Å². The molecule has 2 heteroatoms. The minimum atomic E-state index is -1.03. The second-order valence-electron chi connectivity index (χ2n) is 5.90. The number of nitrogens with zero attached hydrogens (tertiary/aromatic N) is 1. The summed E-state index contributed by atoms with van der Waals surface area (Å²) in [4.78, 5) is 0. The van der Waals surface area contributed by atoms with Crippen LogP contribution >= 0.6 is 0 Å². The van der Waals surface area contributed by atoms with Gasteiger partial charge in [-0.2, -0.15) is 5.26 Å². The first kappa shape index (κ1) is 15.2. The van der Waals surface area contributed by atoms with E-state index in [2.05, 4.69) is 12.6 Å². The zero-order valence-corrected chi connectivity index (χ0v) is 11.7. The van der Waals surface area contributed by atoms with Crippen molar-refractivity contribution in [2.24, 2.45) is 5.41 Å². The first-order valence-corrected chi connectivity index (χ1v) is 7.35. The highest BCUT2D eigenvalue weighted by Crippen LogP contribution is 2.40. The van der Waals surface area contributed by atoms with Crippen LogP contribution in [0.2, 0.25) is 0 Å². The topological polar surface area (TPSA) is 44.0 Å². The summed E-state index contributed by atoms with van der Waals surface area (Å²) in [6, 6.07) is 2.35. The van der Waals surface area contributed by atoms with Crippen LogP contribution in [0.1, 0.15) is 71.1 Å². The highest BCUT2D eigenvalue weighted by Gasteiger charge is 2.44. The van der Waals surface area contributed by atoms with Gasteiger partial charge in [-0.3, -0.25) is 0 Å². The van der Waals surface area contributed by atoms with Crippen molar-refractivity contribution in [3.05, 3.63) is 12.7 Å². The van der Waals surface area contributed by atoms with Gasteiger partial charge in [-0.25, -0.2) is 0 Å². The molecule has 0 aromatic carbocycles. The maximum Gasteiger partial charge on any atom is 0.101 e. The van der Waals surface area contributed by atoms with Crippen LogP contribution in [0, 0.1) is 16.7 Å². The third-order valence-corrected chi connectivity index (χ3v) is 4.52. The van der Waals surface area contributed by atoms with E-state index in [-0.39, 0.29) is 0 Å². The Hall–Kier alpha value is -0.810. The SMILES string of the molecule is C=CC1(O)CCCCCCCCCCC1(C)C#N. The molecule has 1 saturated carbocycles. The van der Waals surface area contributed by atoms with Gasteiger partial charge in [-0.05, 0) is 19.8 Å². The van der Waals surface area contributed by atoms with Gasteiger partial charge in [-0.15, -0.1) is 6.58 Å². The maximum absolute atomic E-state index is 10.7. The number of nitriles is 1. The number of aliphatic hydroxyl groups is 1. The predicted molar refractivity (Wildman–Crippen MR) is 75.0 cm³/mol. The van der Waals surface area contributed by atoms with Crippen LogP contribution in [0.15, 0.2) is 12.7 Å². The molecule has 0 amide bonds. The van der Waals surface area contributed by atoms with Gasteiger partial charge in [0.1, 0.15) is 5.60 Å². The van der Waals surface area contributed by atoms with Gasteiger partial charge in [0.25, 0.3) is 0 Å². The average molecular weight is 249 g/mol. The van der Waals surface area contributed by atoms with Crippen LogP contribution < -0.4 is 0 Å². The molecule has 0 aliphatic heterocycles. The minimum absolute atomic E-state index is 0.667. The smallest absolute Gasteiger partial charge is 0.101 e. The molecule has 2 unspecified atom stereocenters. The fourth-order valence-corrected chi connectivity index (χ4v) is 2.91. The predicted octanol–water partition coefficient (Wildman–Crippen LogP) is 4.35. The Balaban J connectivity index is 2.79. The Labute approximate surface area is 112 Å². The quantitative estimate of drug-likeness (QED) is 0.702. The monoisotopic (exact) mass is 249 g/mol. The lowest BCUT2D eigenvalue weighted by atomic mass is 9.68. The summed E-state index contributed by atoms with van der Waals surface area (Å²) >= 11 is 0. The zero-order valence-electron chi connectivity index (χ0n) is 11.7. The van der Waals surface area contributed by atoms with Crippen LogP contribution in [-0.4, -0.2) is 10.7 Å². The number of hydrogen-bond donors (Lipinski definition) is 1. The molecular weight excluding hydrogens is 222 g/mol. The van der Waals surface area contributed by atoms with Crippen molar-refractivity contribution in [2.45, 2.75) is 76.7 Å². The zero-order chi connectivity index (χ0) is 13.5. The summed E-state index contributed by atoms with van der Waals surface area (Å²) in [5.41, 5.74) is -1.71. The third kappa shape index (κ3) is 3.59. The van der Waals surface area contributed by atoms with Crippen molar-refractivity contribution < 1.29 is 5.11 Å². The van der Waals surface area contributed by atoms with Crippen LogP contribution in [0.4, 0.5) is 0 Å². The Bertz CT molecular complexity index is 307. The summed E-state index contributed by atoms with van der Waals surface area (Å²) in [5.74, 6) is 0. The molecule has 0 saturated heterocycles. The Morgan fingerprint density at radius 3 is 1.89 bits per heavy atom. The van der Waals surface area contributed by atoms with Gasteiger partial charge in [-0.1, -0.05) is 57.4 Å². The van der Waals surface area contributed by atoms with E-state index in [4.69, 9.17) is 0 Å². The molecule has 0 radical (unpaired) electrons. The molecule has 1 rings (SSSR count). The summed E-state index contributed by atoms with van der Waals surface area (Å²) in [5, 5.41) is 20.2. The molecule has 0 aromatic rings. The normalized spacial score (nSPS) is 35.8. The molecule has 1 aliphatic carbocycles. The molecule has 2 atom stereocenters. The average Bonchev–Trinajstić information content (AvgIpc) is 2.38. The molecule has 0 aromatic heterocycles. The molecule has 0 heterocycles. The first-order valence-electron chi connectivity index (χ1n) is 7.35. The van der Waals surface area contributed by atoms with E-state index in [1.807, 2.05) is 6.92 Å². The molecule has 1 fully saturated rings. The van der Waals surface area contributed by atoms with Crippen molar-refractivity contribution in [3.63, 3.8) is 0 Å². The molecular formula is C16H27NO. The van der Waals surface area contributed by atoms with Gasteiger partial charge in [0.05, 0.1) is 11.5 Å². The van der Waals surface area contributed by atoms with Crippen molar-refractivity contribution in [2.75, 3.05) is 0 Å². The van der Waals surface area contributed by atoms with Gasteiger partial charge in [0, 0.05) is 0 Å². The van der Waals surface area contributed by atoms with Crippen LogP contribution in [0.25, 0.3) is 0 Å². The van der Waals surface area contributed by atoms with E-state index in [0.29, 0.717) is 6.42 Å². The third-order valence-electron chi connectivity index (χ3n) is 4.52. The highest BCUT2D eigenvalue weighted by atomic mass is 16.3. The van der Waals surface area contributed by atoms with Crippen LogP contribution in [-0.2, 0) is 0 Å². The van der Waals surface area contributed by atoms with Crippen molar-refractivity contribution in [1.82, 2.24) is 0 Å². The standard InChI is InChI=1S/C16H27NO/c1-3-16(18)13-11-9-7-5-4-6-8-10-12-15(16,2)14-17/h3,18H,1,4-13H2,2H3. The summed E-state index contributed by atoms with van der Waals surface area (Å²) in [6.45, 7) is 5.66. The molecule has 1 aliphatic rings. The van der Waals surface area contributed by atoms with E-state index in [0.717, 1.165) is 25.7 Å². The Kier molecular flexibility index (Phi) is 5.88. The first-order chi connectivity index (χ1) is 8.58. The molecule has 2 nitrogen and oxygen atoms in total. The number of rotatable bonds is 1.